The van der Waals surface area contributed by atoms with Crippen LogP contribution in [0.3, 0.4) is 0 Å². The molecule has 3 nitrogen and oxygen atoms in total. The molecular weight excluding hydrogens is 238 g/mol. The lowest BCUT2D eigenvalue weighted by molar-refractivity contribution is 0.354. The lowest BCUT2D eigenvalue weighted by Crippen LogP contribution is -2.14. The first kappa shape index (κ1) is 14.1. The molecule has 0 radical (unpaired) electrons. The van der Waals surface area contributed by atoms with Crippen molar-refractivity contribution in [1.82, 2.24) is 4.90 Å². The van der Waals surface area contributed by atoms with E-state index in [0.29, 0.717) is 0 Å². The number of methoxy groups -OCH3 is 2. The smallest absolute Gasteiger partial charge is 0.161 e. The average molecular weight is 258 g/mol. The second-order valence-electron chi connectivity index (χ2n) is 4.17. The van der Waals surface area contributed by atoms with Crippen molar-refractivity contribution in [2.45, 2.75) is 11.8 Å². The SMILES string of the molecule is COc1ccc(C(Cl)CCN(C)C)cc1OC. The fraction of sp³-hybridized carbons (Fsp3) is 0.538. The number of alkyl halides is 1. The minimum atomic E-state index is -0.00259. The highest BCUT2D eigenvalue weighted by molar-refractivity contribution is 6.20. The van der Waals surface area contributed by atoms with E-state index < -0.39 is 0 Å². The van der Waals surface area contributed by atoms with Crippen LogP contribution in [0.5, 0.6) is 11.5 Å². The monoisotopic (exact) mass is 257 g/mol. The Morgan fingerprint density at radius 2 is 1.82 bits per heavy atom. The summed E-state index contributed by atoms with van der Waals surface area (Å²) < 4.78 is 10.5. The van der Waals surface area contributed by atoms with Gasteiger partial charge in [-0.15, -0.1) is 11.6 Å². The molecule has 96 valence electrons. The minimum absolute atomic E-state index is 0.00259. The van der Waals surface area contributed by atoms with Gasteiger partial charge in [-0.05, 0) is 44.8 Å². The zero-order valence-electron chi connectivity index (χ0n) is 10.9. The number of halogens is 1. The van der Waals surface area contributed by atoms with Crippen LogP contribution in [0.15, 0.2) is 18.2 Å². The molecule has 1 atom stereocenters. The highest BCUT2D eigenvalue weighted by atomic mass is 35.5. The minimum Gasteiger partial charge on any atom is -0.493 e. The van der Waals surface area contributed by atoms with Crippen molar-refractivity contribution in [3.05, 3.63) is 23.8 Å². The van der Waals surface area contributed by atoms with E-state index in [2.05, 4.69) is 4.90 Å². The maximum Gasteiger partial charge on any atom is 0.161 e. The summed E-state index contributed by atoms with van der Waals surface area (Å²) >= 11 is 6.35. The number of hydrogen-bond acceptors (Lipinski definition) is 3. The molecule has 4 heteroatoms. The summed E-state index contributed by atoms with van der Waals surface area (Å²) in [7, 11) is 7.34. The van der Waals surface area contributed by atoms with Gasteiger partial charge in [0.05, 0.1) is 19.6 Å². The largest absolute Gasteiger partial charge is 0.493 e. The summed E-state index contributed by atoms with van der Waals surface area (Å²) in [6, 6.07) is 5.81. The second-order valence-corrected chi connectivity index (χ2v) is 4.70. The van der Waals surface area contributed by atoms with Gasteiger partial charge >= 0.3 is 0 Å². The molecule has 1 rings (SSSR count). The number of nitrogens with zero attached hydrogens (tertiary/aromatic N) is 1. The predicted octanol–water partition coefficient (Wildman–Crippen LogP) is 2.94. The predicted molar refractivity (Wildman–Crippen MR) is 71.3 cm³/mol. The van der Waals surface area contributed by atoms with Crippen molar-refractivity contribution < 1.29 is 9.47 Å². The number of benzene rings is 1. The molecule has 1 aromatic carbocycles. The maximum atomic E-state index is 6.35. The Hall–Kier alpha value is -0.930. The number of rotatable bonds is 6. The van der Waals surface area contributed by atoms with Crippen LogP contribution >= 0.6 is 11.6 Å². The lowest BCUT2D eigenvalue weighted by atomic mass is 10.1. The molecule has 0 heterocycles. The van der Waals surface area contributed by atoms with E-state index in [0.717, 1.165) is 30.0 Å². The van der Waals surface area contributed by atoms with Crippen LogP contribution < -0.4 is 9.47 Å². The number of hydrogen-bond donors (Lipinski definition) is 0. The molecule has 0 aliphatic rings. The van der Waals surface area contributed by atoms with Gasteiger partial charge < -0.3 is 14.4 Å². The van der Waals surface area contributed by atoms with Crippen LogP contribution in [0, 0.1) is 0 Å². The normalized spacial score (nSPS) is 12.6. The van der Waals surface area contributed by atoms with Gasteiger partial charge in [0.15, 0.2) is 11.5 Å². The molecule has 1 aromatic rings. The van der Waals surface area contributed by atoms with Gasteiger partial charge in [0.25, 0.3) is 0 Å². The third kappa shape index (κ3) is 4.10. The summed E-state index contributed by atoms with van der Waals surface area (Å²) in [6.07, 6.45) is 0.907. The molecule has 0 spiro atoms. The third-order valence-corrected chi connectivity index (χ3v) is 3.07. The first-order valence-corrected chi connectivity index (χ1v) is 6.03. The van der Waals surface area contributed by atoms with Gasteiger partial charge in [0.1, 0.15) is 0 Å². The van der Waals surface area contributed by atoms with Gasteiger partial charge in [0, 0.05) is 0 Å². The lowest BCUT2D eigenvalue weighted by Gasteiger charge is -2.15. The van der Waals surface area contributed by atoms with E-state index in [9.17, 15) is 0 Å². The first-order valence-electron chi connectivity index (χ1n) is 5.59. The standard InChI is InChI=1S/C13H20ClNO2/c1-15(2)8-7-11(14)10-5-6-12(16-3)13(9-10)17-4/h5-6,9,11H,7-8H2,1-4H3. The van der Waals surface area contributed by atoms with Crippen LogP contribution in [0.1, 0.15) is 17.4 Å². The average Bonchev–Trinajstić information content (AvgIpc) is 2.34. The van der Waals surface area contributed by atoms with Crippen molar-refractivity contribution in [2.75, 3.05) is 34.9 Å². The van der Waals surface area contributed by atoms with Crippen LogP contribution in [0.2, 0.25) is 0 Å². The molecule has 1 unspecified atom stereocenters. The Bertz CT molecular complexity index is 355. The molecule has 0 fully saturated rings. The maximum absolute atomic E-state index is 6.35. The van der Waals surface area contributed by atoms with E-state index in [4.69, 9.17) is 21.1 Å². The van der Waals surface area contributed by atoms with Gasteiger partial charge in [-0.25, -0.2) is 0 Å². The fourth-order valence-corrected chi connectivity index (χ4v) is 1.82. The van der Waals surface area contributed by atoms with E-state index in [1.54, 1.807) is 14.2 Å². The molecule has 0 amide bonds. The molecule has 0 aliphatic carbocycles. The number of ether oxygens (including phenoxy) is 2. The van der Waals surface area contributed by atoms with Gasteiger partial charge in [-0.3, -0.25) is 0 Å². The summed E-state index contributed by atoms with van der Waals surface area (Å²) in [5.41, 5.74) is 1.06. The molecule has 0 saturated heterocycles. The second kappa shape index (κ2) is 6.72. The highest BCUT2D eigenvalue weighted by Gasteiger charge is 2.12. The van der Waals surface area contributed by atoms with Crippen LogP contribution in [0.25, 0.3) is 0 Å². The van der Waals surface area contributed by atoms with E-state index in [1.807, 2.05) is 32.3 Å². The zero-order chi connectivity index (χ0) is 12.8. The summed E-state index contributed by atoms with van der Waals surface area (Å²) in [5.74, 6) is 1.45. The van der Waals surface area contributed by atoms with Gasteiger partial charge in [-0.1, -0.05) is 6.07 Å². The Labute approximate surface area is 108 Å². The van der Waals surface area contributed by atoms with Crippen LogP contribution in [0.4, 0.5) is 0 Å². The Kier molecular flexibility index (Phi) is 5.59. The summed E-state index contributed by atoms with van der Waals surface area (Å²) in [5, 5.41) is -0.00259. The Balaban J connectivity index is 2.77. The Morgan fingerprint density at radius 3 is 2.35 bits per heavy atom. The molecule has 0 aromatic heterocycles. The Morgan fingerprint density at radius 1 is 1.18 bits per heavy atom. The molecule has 17 heavy (non-hydrogen) atoms. The third-order valence-electron chi connectivity index (χ3n) is 2.60. The van der Waals surface area contributed by atoms with Crippen LogP contribution in [-0.4, -0.2) is 39.8 Å². The molecule has 0 bridgehead atoms. The van der Waals surface area contributed by atoms with Crippen molar-refractivity contribution in [3.8, 4) is 11.5 Å². The summed E-state index contributed by atoms with van der Waals surface area (Å²) in [6.45, 7) is 0.961. The summed E-state index contributed by atoms with van der Waals surface area (Å²) in [4.78, 5) is 2.12. The highest BCUT2D eigenvalue weighted by Crippen LogP contribution is 2.33. The quantitative estimate of drug-likeness (QED) is 0.732. The van der Waals surface area contributed by atoms with E-state index >= 15 is 0 Å². The van der Waals surface area contributed by atoms with Crippen molar-refractivity contribution in [2.24, 2.45) is 0 Å². The van der Waals surface area contributed by atoms with E-state index in [1.165, 1.54) is 0 Å². The van der Waals surface area contributed by atoms with Gasteiger partial charge in [-0.2, -0.15) is 0 Å². The zero-order valence-corrected chi connectivity index (χ0v) is 11.6. The van der Waals surface area contributed by atoms with Gasteiger partial charge in [0.2, 0.25) is 0 Å². The molecular formula is C13H20ClNO2. The van der Waals surface area contributed by atoms with Crippen molar-refractivity contribution in [3.63, 3.8) is 0 Å². The molecule has 0 aliphatic heterocycles. The van der Waals surface area contributed by atoms with E-state index in [-0.39, 0.29) is 5.38 Å². The fourth-order valence-electron chi connectivity index (χ4n) is 1.59. The van der Waals surface area contributed by atoms with Crippen LogP contribution in [-0.2, 0) is 0 Å². The van der Waals surface area contributed by atoms with Crippen molar-refractivity contribution in [1.29, 1.82) is 0 Å². The van der Waals surface area contributed by atoms with Crippen molar-refractivity contribution >= 4 is 11.6 Å². The topological polar surface area (TPSA) is 21.7 Å². The molecule has 0 N–H and O–H groups in total. The first-order chi connectivity index (χ1) is 8.08. The molecule has 0 saturated carbocycles.